The third-order valence-corrected chi connectivity index (χ3v) is 4.11. The van der Waals surface area contributed by atoms with Gasteiger partial charge in [-0.05, 0) is 26.5 Å². The highest BCUT2D eigenvalue weighted by Gasteiger charge is 2.14. The summed E-state index contributed by atoms with van der Waals surface area (Å²) in [6.45, 7) is 6.70. The van der Waals surface area contributed by atoms with Gasteiger partial charge in [-0.1, -0.05) is 30.7 Å². The molecule has 0 aliphatic rings. The summed E-state index contributed by atoms with van der Waals surface area (Å²) in [5.74, 6) is -0.0886. The van der Waals surface area contributed by atoms with Gasteiger partial charge in [0.15, 0.2) is 5.13 Å². The average molecular weight is 340 g/mol. The van der Waals surface area contributed by atoms with E-state index in [0.29, 0.717) is 11.7 Å². The van der Waals surface area contributed by atoms with E-state index >= 15 is 0 Å². The Hall–Kier alpha value is -1.43. The van der Waals surface area contributed by atoms with E-state index < -0.39 is 0 Å². The van der Waals surface area contributed by atoms with Crippen LogP contribution in [-0.2, 0) is 4.79 Å². The number of thiazole rings is 1. The van der Waals surface area contributed by atoms with Crippen LogP contribution in [-0.4, -0.2) is 24.5 Å². The minimum Gasteiger partial charge on any atom is -0.319 e. The number of rotatable bonds is 5. The van der Waals surface area contributed by atoms with E-state index in [-0.39, 0.29) is 24.2 Å². The van der Waals surface area contributed by atoms with Crippen molar-refractivity contribution >= 4 is 34.8 Å². The summed E-state index contributed by atoms with van der Waals surface area (Å²) >= 11 is 1.46. The molecule has 6 heteroatoms. The maximum absolute atomic E-state index is 12.0. The van der Waals surface area contributed by atoms with E-state index in [0.717, 1.165) is 11.3 Å². The van der Waals surface area contributed by atoms with Crippen molar-refractivity contribution < 1.29 is 4.79 Å². The van der Waals surface area contributed by atoms with Crippen molar-refractivity contribution in [1.82, 2.24) is 10.3 Å². The van der Waals surface area contributed by atoms with Gasteiger partial charge in [-0.3, -0.25) is 4.79 Å². The van der Waals surface area contributed by atoms with Crippen LogP contribution in [0.25, 0.3) is 11.3 Å². The number of aryl methyl sites for hydroxylation is 2. The van der Waals surface area contributed by atoms with E-state index in [4.69, 9.17) is 0 Å². The molecule has 0 radical (unpaired) electrons. The van der Waals surface area contributed by atoms with E-state index in [9.17, 15) is 4.79 Å². The summed E-state index contributed by atoms with van der Waals surface area (Å²) < 4.78 is 0. The van der Waals surface area contributed by atoms with Crippen molar-refractivity contribution in [3.05, 3.63) is 34.7 Å². The molecule has 0 aliphatic heterocycles. The van der Waals surface area contributed by atoms with Crippen molar-refractivity contribution in [2.75, 3.05) is 18.9 Å². The van der Waals surface area contributed by atoms with Crippen LogP contribution in [0.1, 0.15) is 18.1 Å². The number of carbonyl (C=O) groups excluding carboxylic acids is 1. The molecule has 1 aromatic heterocycles. The fourth-order valence-electron chi connectivity index (χ4n) is 2.18. The third kappa shape index (κ3) is 4.53. The fraction of sp³-hybridized carbons (Fsp3) is 0.375. The number of nitrogens with one attached hydrogen (secondary N) is 2. The van der Waals surface area contributed by atoms with Gasteiger partial charge in [-0.15, -0.1) is 23.7 Å². The van der Waals surface area contributed by atoms with Gasteiger partial charge in [-0.25, -0.2) is 4.98 Å². The molecule has 0 fully saturated rings. The SMILES string of the molecule is CNCC(C)C(=O)Nc1nc(-c2ccc(C)cc2C)cs1.Cl. The Bertz CT molecular complexity index is 642. The Morgan fingerprint density at radius 3 is 2.73 bits per heavy atom. The highest BCUT2D eigenvalue weighted by molar-refractivity contribution is 7.14. The molecule has 0 saturated carbocycles. The predicted octanol–water partition coefficient (Wildman–Crippen LogP) is 3.64. The molecular weight excluding hydrogens is 318 g/mol. The summed E-state index contributed by atoms with van der Waals surface area (Å²) in [6, 6.07) is 6.30. The number of aromatic nitrogens is 1. The molecule has 1 unspecified atom stereocenters. The molecule has 1 atom stereocenters. The summed E-state index contributed by atoms with van der Waals surface area (Å²) in [6.07, 6.45) is 0. The number of amides is 1. The molecule has 1 amide bonds. The Balaban J connectivity index is 0.00000242. The Morgan fingerprint density at radius 2 is 2.09 bits per heavy atom. The number of halogens is 1. The van der Waals surface area contributed by atoms with Gasteiger partial charge in [0.25, 0.3) is 0 Å². The summed E-state index contributed by atoms with van der Waals surface area (Å²) in [7, 11) is 1.84. The zero-order chi connectivity index (χ0) is 15.4. The maximum Gasteiger partial charge on any atom is 0.230 e. The molecule has 1 aromatic carbocycles. The first kappa shape index (κ1) is 18.6. The maximum atomic E-state index is 12.0. The van der Waals surface area contributed by atoms with Crippen molar-refractivity contribution in [1.29, 1.82) is 0 Å². The number of benzene rings is 1. The van der Waals surface area contributed by atoms with Gasteiger partial charge in [0.05, 0.1) is 5.69 Å². The van der Waals surface area contributed by atoms with Crippen LogP contribution in [0.2, 0.25) is 0 Å². The largest absolute Gasteiger partial charge is 0.319 e. The van der Waals surface area contributed by atoms with Gasteiger partial charge in [0, 0.05) is 23.4 Å². The summed E-state index contributed by atoms with van der Waals surface area (Å²) in [4.78, 5) is 16.5. The number of nitrogens with zero attached hydrogens (tertiary/aromatic N) is 1. The number of carbonyl (C=O) groups is 1. The van der Waals surface area contributed by atoms with Crippen LogP contribution in [0.3, 0.4) is 0 Å². The van der Waals surface area contributed by atoms with Crippen molar-refractivity contribution in [3.8, 4) is 11.3 Å². The highest BCUT2D eigenvalue weighted by Crippen LogP contribution is 2.28. The lowest BCUT2D eigenvalue weighted by atomic mass is 10.0. The summed E-state index contributed by atoms with van der Waals surface area (Å²) in [5.41, 5.74) is 4.46. The normalized spacial score (nSPS) is 11.6. The molecule has 120 valence electrons. The summed E-state index contributed by atoms with van der Waals surface area (Å²) in [5, 5.41) is 8.51. The lowest BCUT2D eigenvalue weighted by molar-refractivity contribution is -0.119. The molecule has 4 nitrogen and oxygen atoms in total. The quantitative estimate of drug-likeness (QED) is 0.874. The van der Waals surface area contributed by atoms with E-state index in [1.165, 1.54) is 22.5 Å². The molecule has 1 heterocycles. The molecule has 0 aliphatic carbocycles. The lowest BCUT2D eigenvalue weighted by Gasteiger charge is -2.09. The van der Waals surface area contributed by atoms with Crippen LogP contribution in [0.4, 0.5) is 5.13 Å². The van der Waals surface area contributed by atoms with Gasteiger partial charge >= 0.3 is 0 Å². The Morgan fingerprint density at radius 1 is 1.36 bits per heavy atom. The Kier molecular flexibility index (Phi) is 7.00. The first-order valence-corrected chi connectivity index (χ1v) is 7.88. The zero-order valence-corrected chi connectivity index (χ0v) is 14.9. The minimum atomic E-state index is -0.0801. The van der Waals surface area contributed by atoms with Crippen LogP contribution < -0.4 is 10.6 Å². The monoisotopic (exact) mass is 339 g/mol. The second kappa shape index (κ2) is 8.27. The highest BCUT2D eigenvalue weighted by atomic mass is 35.5. The molecule has 22 heavy (non-hydrogen) atoms. The number of hydrogen-bond donors (Lipinski definition) is 2. The topological polar surface area (TPSA) is 54.0 Å². The zero-order valence-electron chi connectivity index (χ0n) is 13.3. The second-order valence-electron chi connectivity index (χ2n) is 5.30. The van der Waals surface area contributed by atoms with Gasteiger partial charge in [0.2, 0.25) is 5.91 Å². The van der Waals surface area contributed by atoms with Gasteiger partial charge < -0.3 is 10.6 Å². The predicted molar refractivity (Wildman–Crippen MR) is 96.0 cm³/mol. The molecule has 2 aromatic rings. The molecule has 0 spiro atoms. The van der Waals surface area contributed by atoms with Gasteiger partial charge in [-0.2, -0.15) is 0 Å². The number of anilines is 1. The van der Waals surface area contributed by atoms with Crippen LogP contribution in [0.15, 0.2) is 23.6 Å². The molecule has 2 rings (SSSR count). The van der Waals surface area contributed by atoms with Crippen molar-refractivity contribution in [3.63, 3.8) is 0 Å². The van der Waals surface area contributed by atoms with E-state index in [1.807, 2.05) is 19.4 Å². The van der Waals surface area contributed by atoms with Crippen molar-refractivity contribution in [2.45, 2.75) is 20.8 Å². The van der Waals surface area contributed by atoms with E-state index in [2.05, 4.69) is 47.7 Å². The first-order chi connectivity index (χ1) is 10.0. The molecule has 2 N–H and O–H groups in total. The number of hydrogen-bond acceptors (Lipinski definition) is 4. The van der Waals surface area contributed by atoms with E-state index in [1.54, 1.807) is 0 Å². The molecule has 0 bridgehead atoms. The van der Waals surface area contributed by atoms with Crippen LogP contribution in [0, 0.1) is 19.8 Å². The van der Waals surface area contributed by atoms with Crippen LogP contribution >= 0.6 is 23.7 Å². The standard InChI is InChI=1S/C16H21N3OS.ClH/c1-10-5-6-13(11(2)7-10)14-9-21-16(18-14)19-15(20)12(3)8-17-4;/h5-7,9,12,17H,8H2,1-4H3,(H,18,19,20);1H. The molecular formula is C16H22ClN3OS. The van der Waals surface area contributed by atoms with Crippen molar-refractivity contribution in [2.24, 2.45) is 5.92 Å². The lowest BCUT2D eigenvalue weighted by Crippen LogP contribution is -2.28. The third-order valence-electron chi connectivity index (χ3n) is 3.35. The first-order valence-electron chi connectivity index (χ1n) is 7.00. The smallest absolute Gasteiger partial charge is 0.230 e. The average Bonchev–Trinajstić information content (AvgIpc) is 2.87. The van der Waals surface area contributed by atoms with Gasteiger partial charge in [0.1, 0.15) is 0 Å². The Labute approximate surface area is 141 Å². The second-order valence-corrected chi connectivity index (χ2v) is 6.16. The minimum absolute atomic E-state index is 0. The molecule has 0 saturated heterocycles. The van der Waals surface area contributed by atoms with Crippen LogP contribution in [0.5, 0.6) is 0 Å². The fourth-order valence-corrected chi connectivity index (χ4v) is 2.90.